The summed E-state index contributed by atoms with van der Waals surface area (Å²) in [4.78, 5) is 11.5. The fourth-order valence-corrected chi connectivity index (χ4v) is 1.52. The van der Waals surface area contributed by atoms with Gasteiger partial charge in [0.25, 0.3) is 0 Å². The number of rotatable bonds is 3. The Morgan fingerprint density at radius 3 is 2.92 bits per heavy atom. The fraction of sp³-hybridized carbons (Fsp3) is 0.667. The van der Waals surface area contributed by atoms with Crippen LogP contribution in [0.2, 0.25) is 0 Å². The average molecular weight is 247 g/mol. The zero-order chi connectivity index (χ0) is 9.68. The standard InChI is InChI=1S/C9H15BrN2O/c1-7(10)6-12-9(13)8-4-2-3-5-11-8/h8,11H,1-6H2,(H,12,13)/t8-/m0/s1. The van der Waals surface area contributed by atoms with Gasteiger partial charge in [-0.25, -0.2) is 0 Å². The Labute approximate surface area is 87.1 Å². The van der Waals surface area contributed by atoms with E-state index in [2.05, 4.69) is 33.1 Å². The van der Waals surface area contributed by atoms with Gasteiger partial charge >= 0.3 is 0 Å². The van der Waals surface area contributed by atoms with Crippen molar-refractivity contribution in [3.63, 3.8) is 0 Å². The van der Waals surface area contributed by atoms with Crippen molar-refractivity contribution in [1.29, 1.82) is 0 Å². The zero-order valence-corrected chi connectivity index (χ0v) is 9.19. The summed E-state index contributed by atoms with van der Waals surface area (Å²) < 4.78 is 0.802. The molecule has 0 unspecified atom stereocenters. The predicted octanol–water partition coefficient (Wildman–Crippen LogP) is 1.15. The molecule has 1 atom stereocenters. The van der Waals surface area contributed by atoms with Crippen LogP contribution in [-0.2, 0) is 4.79 Å². The normalized spacial score (nSPS) is 22.4. The van der Waals surface area contributed by atoms with Gasteiger partial charge < -0.3 is 10.6 Å². The van der Waals surface area contributed by atoms with E-state index >= 15 is 0 Å². The van der Waals surface area contributed by atoms with Crippen molar-refractivity contribution in [3.8, 4) is 0 Å². The summed E-state index contributed by atoms with van der Waals surface area (Å²) in [6, 6.07) is 0.000556. The van der Waals surface area contributed by atoms with Crippen molar-refractivity contribution >= 4 is 21.8 Å². The maximum absolute atomic E-state index is 11.5. The number of piperidine rings is 1. The Morgan fingerprint density at radius 1 is 1.62 bits per heavy atom. The molecule has 1 fully saturated rings. The van der Waals surface area contributed by atoms with Gasteiger partial charge in [-0.1, -0.05) is 28.9 Å². The first-order valence-corrected chi connectivity index (χ1v) is 5.34. The van der Waals surface area contributed by atoms with Crippen molar-refractivity contribution in [2.24, 2.45) is 0 Å². The van der Waals surface area contributed by atoms with Crippen LogP contribution >= 0.6 is 15.9 Å². The molecule has 1 aliphatic rings. The van der Waals surface area contributed by atoms with Crippen LogP contribution in [0, 0.1) is 0 Å². The summed E-state index contributed by atoms with van der Waals surface area (Å²) in [5.74, 6) is 0.0836. The molecule has 74 valence electrons. The molecule has 1 heterocycles. The number of hydrogen-bond acceptors (Lipinski definition) is 2. The molecule has 1 amide bonds. The summed E-state index contributed by atoms with van der Waals surface area (Å²) in [5, 5.41) is 5.99. The smallest absolute Gasteiger partial charge is 0.237 e. The number of halogens is 1. The van der Waals surface area contributed by atoms with Crippen molar-refractivity contribution < 1.29 is 4.79 Å². The van der Waals surface area contributed by atoms with Gasteiger partial charge in [-0.15, -0.1) is 0 Å². The second-order valence-electron chi connectivity index (χ2n) is 3.24. The molecule has 13 heavy (non-hydrogen) atoms. The van der Waals surface area contributed by atoms with E-state index in [0.717, 1.165) is 23.9 Å². The third kappa shape index (κ3) is 3.91. The molecule has 3 nitrogen and oxygen atoms in total. The van der Waals surface area contributed by atoms with Gasteiger partial charge in [0, 0.05) is 11.0 Å². The first kappa shape index (κ1) is 10.7. The monoisotopic (exact) mass is 246 g/mol. The molecule has 2 N–H and O–H groups in total. The minimum Gasteiger partial charge on any atom is -0.350 e. The predicted molar refractivity (Wildman–Crippen MR) is 56.7 cm³/mol. The minimum absolute atomic E-state index is 0.000556. The van der Waals surface area contributed by atoms with E-state index in [-0.39, 0.29) is 11.9 Å². The molecule has 1 aliphatic heterocycles. The average Bonchev–Trinajstić information content (AvgIpc) is 2.15. The highest BCUT2D eigenvalue weighted by molar-refractivity contribution is 9.11. The highest BCUT2D eigenvalue weighted by Gasteiger charge is 2.19. The molecule has 4 heteroatoms. The van der Waals surface area contributed by atoms with Gasteiger partial charge in [0.1, 0.15) is 0 Å². The van der Waals surface area contributed by atoms with Crippen LogP contribution in [0.1, 0.15) is 19.3 Å². The van der Waals surface area contributed by atoms with Crippen molar-refractivity contribution in [3.05, 3.63) is 11.1 Å². The van der Waals surface area contributed by atoms with Gasteiger partial charge in [0.15, 0.2) is 0 Å². The molecule has 0 saturated carbocycles. The van der Waals surface area contributed by atoms with E-state index in [4.69, 9.17) is 0 Å². The van der Waals surface area contributed by atoms with E-state index in [9.17, 15) is 4.79 Å². The van der Waals surface area contributed by atoms with Crippen molar-refractivity contribution in [1.82, 2.24) is 10.6 Å². The highest BCUT2D eigenvalue weighted by atomic mass is 79.9. The quantitative estimate of drug-likeness (QED) is 0.785. The summed E-state index contributed by atoms with van der Waals surface area (Å²) in [5.41, 5.74) is 0. The van der Waals surface area contributed by atoms with Gasteiger partial charge in [-0.2, -0.15) is 0 Å². The van der Waals surface area contributed by atoms with E-state index < -0.39 is 0 Å². The van der Waals surface area contributed by atoms with Crippen molar-refractivity contribution in [2.75, 3.05) is 13.1 Å². The molecule has 0 bridgehead atoms. The largest absolute Gasteiger partial charge is 0.350 e. The summed E-state index contributed by atoms with van der Waals surface area (Å²) >= 11 is 3.20. The Kier molecular flexibility index (Phi) is 4.45. The lowest BCUT2D eigenvalue weighted by molar-refractivity contribution is -0.123. The highest BCUT2D eigenvalue weighted by Crippen LogP contribution is 2.07. The van der Waals surface area contributed by atoms with E-state index in [1.54, 1.807) is 0 Å². The molecule has 0 radical (unpaired) electrons. The lowest BCUT2D eigenvalue weighted by atomic mass is 10.0. The maximum Gasteiger partial charge on any atom is 0.237 e. The van der Waals surface area contributed by atoms with Crippen LogP contribution in [0.5, 0.6) is 0 Å². The Morgan fingerprint density at radius 2 is 2.38 bits per heavy atom. The number of carbonyl (C=O) groups is 1. The first-order chi connectivity index (χ1) is 6.20. The number of amides is 1. The second-order valence-corrected chi connectivity index (χ2v) is 4.36. The van der Waals surface area contributed by atoms with Crippen LogP contribution in [0.15, 0.2) is 11.1 Å². The molecule has 0 spiro atoms. The molecule has 0 aliphatic carbocycles. The van der Waals surface area contributed by atoms with Crippen LogP contribution in [0.25, 0.3) is 0 Å². The molecule has 0 aromatic carbocycles. The lowest BCUT2D eigenvalue weighted by Gasteiger charge is -2.22. The lowest BCUT2D eigenvalue weighted by Crippen LogP contribution is -2.46. The SMILES string of the molecule is C=C(Br)CNC(=O)[C@@H]1CCCCN1. The number of carbonyl (C=O) groups excluding carboxylic acids is 1. The van der Waals surface area contributed by atoms with Crippen LogP contribution < -0.4 is 10.6 Å². The number of nitrogens with one attached hydrogen (secondary N) is 2. The molecule has 1 rings (SSSR count). The van der Waals surface area contributed by atoms with Crippen LogP contribution in [0.4, 0.5) is 0 Å². The zero-order valence-electron chi connectivity index (χ0n) is 7.61. The van der Waals surface area contributed by atoms with Gasteiger partial charge in [0.05, 0.1) is 6.04 Å². The molecular weight excluding hydrogens is 232 g/mol. The van der Waals surface area contributed by atoms with E-state index in [1.807, 2.05) is 0 Å². The summed E-state index contributed by atoms with van der Waals surface area (Å²) in [7, 11) is 0. The maximum atomic E-state index is 11.5. The van der Waals surface area contributed by atoms with E-state index in [1.165, 1.54) is 6.42 Å². The van der Waals surface area contributed by atoms with Gasteiger partial charge in [0.2, 0.25) is 5.91 Å². The van der Waals surface area contributed by atoms with Gasteiger partial charge in [-0.05, 0) is 19.4 Å². The van der Waals surface area contributed by atoms with E-state index in [0.29, 0.717) is 6.54 Å². The third-order valence-electron chi connectivity index (χ3n) is 2.08. The van der Waals surface area contributed by atoms with Crippen molar-refractivity contribution in [2.45, 2.75) is 25.3 Å². The first-order valence-electron chi connectivity index (χ1n) is 4.54. The summed E-state index contributed by atoms with van der Waals surface area (Å²) in [6.07, 6.45) is 3.26. The van der Waals surface area contributed by atoms with Crippen LogP contribution in [0.3, 0.4) is 0 Å². The molecule has 0 aromatic rings. The Hall–Kier alpha value is -0.350. The Balaban J connectivity index is 2.25. The molecular formula is C9H15BrN2O. The molecule has 0 aromatic heterocycles. The third-order valence-corrected chi connectivity index (χ3v) is 2.36. The van der Waals surface area contributed by atoms with Crippen LogP contribution in [-0.4, -0.2) is 25.0 Å². The molecule has 1 saturated heterocycles. The topological polar surface area (TPSA) is 41.1 Å². The second kappa shape index (κ2) is 5.40. The summed E-state index contributed by atoms with van der Waals surface area (Å²) in [6.45, 7) is 5.12. The van der Waals surface area contributed by atoms with Gasteiger partial charge in [-0.3, -0.25) is 4.79 Å². The fourth-order valence-electron chi connectivity index (χ4n) is 1.38. The number of hydrogen-bond donors (Lipinski definition) is 2. The Bertz CT molecular complexity index is 200. The minimum atomic E-state index is 0.000556.